The number of aryl methyl sites for hydroxylation is 2. The summed E-state index contributed by atoms with van der Waals surface area (Å²) in [6.45, 7) is 4.40. The molecule has 0 bridgehead atoms. The molecule has 9 nitrogen and oxygen atoms in total. The minimum Gasteiger partial charge on any atom is -0.477 e. The van der Waals surface area contributed by atoms with Crippen molar-refractivity contribution in [3.63, 3.8) is 0 Å². The fraction of sp³-hybridized carbons (Fsp3) is 0.455. The van der Waals surface area contributed by atoms with E-state index in [9.17, 15) is 10.1 Å². The largest absolute Gasteiger partial charge is 0.477 e. The van der Waals surface area contributed by atoms with Crippen LogP contribution in [0.3, 0.4) is 0 Å². The Labute approximate surface area is 114 Å². The summed E-state index contributed by atoms with van der Waals surface area (Å²) in [5.41, 5.74) is 0.555. The van der Waals surface area contributed by atoms with Crippen molar-refractivity contribution in [2.24, 2.45) is 0 Å². The maximum absolute atomic E-state index is 10.9. The van der Waals surface area contributed by atoms with E-state index in [1.54, 1.807) is 17.7 Å². The van der Waals surface area contributed by atoms with Gasteiger partial charge in [-0.1, -0.05) is 6.92 Å². The fourth-order valence-electron chi connectivity index (χ4n) is 1.63. The first-order chi connectivity index (χ1) is 9.61. The third-order valence-electron chi connectivity index (χ3n) is 2.55. The minimum absolute atomic E-state index is 0.0541. The lowest BCUT2D eigenvalue weighted by molar-refractivity contribution is -0.390. The molecule has 0 atom stereocenters. The number of nitro groups is 1. The number of nitrogens with zero attached hydrogens (tertiary/aromatic N) is 6. The van der Waals surface area contributed by atoms with Gasteiger partial charge in [0.1, 0.15) is 12.3 Å². The van der Waals surface area contributed by atoms with Gasteiger partial charge in [0.15, 0.2) is 5.82 Å². The maximum Gasteiger partial charge on any atom is 0.406 e. The van der Waals surface area contributed by atoms with E-state index in [0.29, 0.717) is 18.1 Å². The first kappa shape index (κ1) is 13.8. The Morgan fingerprint density at radius 2 is 2.25 bits per heavy atom. The van der Waals surface area contributed by atoms with E-state index in [1.807, 2.05) is 6.92 Å². The molecular weight excluding hydrogens is 264 g/mol. The Kier molecular flexibility index (Phi) is 4.18. The van der Waals surface area contributed by atoms with Crippen LogP contribution >= 0.6 is 0 Å². The molecule has 2 rings (SSSR count). The highest BCUT2D eigenvalue weighted by Gasteiger charge is 2.18. The standard InChI is InChI=1S/C11H14N6O3/c1-3-6-16-10(13-14-15-16)7-20-9-5-4-8(2)12-11(9)17(18)19/h4-5H,3,6-7H2,1-2H3. The first-order valence-electron chi connectivity index (χ1n) is 6.11. The molecule has 0 fully saturated rings. The van der Waals surface area contributed by atoms with E-state index in [2.05, 4.69) is 20.5 Å². The Balaban J connectivity index is 2.14. The zero-order chi connectivity index (χ0) is 14.5. The molecule has 0 N–H and O–H groups in total. The molecule has 0 aliphatic carbocycles. The SMILES string of the molecule is CCCn1nnnc1COc1ccc(C)nc1[N+](=O)[O-]. The summed E-state index contributed by atoms with van der Waals surface area (Å²) < 4.78 is 7.02. The van der Waals surface area contributed by atoms with E-state index in [0.717, 1.165) is 6.42 Å². The number of tetrazole rings is 1. The summed E-state index contributed by atoms with van der Waals surface area (Å²) in [6.07, 6.45) is 0.879. The molecule has 0 amide bonds. The molecule has 0 radical (unpaired) electrons. The monoisotopic (exact) mass is 278 g/mol. The van der Waals surface area contributed by atoms with Gasteiger partial charge in [0, 0.05) is 13.5 Å². The predicted octanol–water partition coefficient (Wildman–Crippen LogP) is 1.27. The Morgan fingerprint density at radius 1 is 1.45 bits per heavy atom. The normalized spacial score (nSPS) is 10.5. The van der Waals surface area contributed by atoms with E-state index >= 15 is 0 Å². The zero-order valence-electron chi connectivity index (χ0n) is 11.2. The van der Waals surface area contributed by atoms with E-state index in [1.165, 1.54) is 6.07 Å². The smallest absolute Gasteiger partial charge is 0.406 e. The van der Waals surface area contributed by atoms with Crippen LogP contribution in [0.4, 0.5) is 5.82 Å². The topological polar surface area (TPSA) is 109 Å². The second-order valence-electron chi connectivity index (χ2n) is 4.14. The summed E-state index contributed by atoms with van der Waals surface area (Å²) in [7, 11) is 0. The van der Waals surface area contributed by atoms with Crippen molar-refractivity contribution in [2.75, 3.05) is 0 Å². The van der Waals surface area contributed by atoms with E-state index in [-0.39, 0.29) is 18.2 Å². The zero-order valence-corrected chi connectivity index (χ0v) is 11.2. The van der Waals surface area contributed by atoms with Gasteiger partial charge in [-0.3, -0.25) is 0 Å². The van der Waals surface area contributed by atoms with Crippen molar-refractivity contribution >= 4 is 5.82 Å². The minimum atomic E-state index is -0.572. The molecule has 0 saturated heterocycles. The third kappa shape index (κ3) is 3.05. The molecule has 2 aromatic rings. The summed E-state index contributed by atoms with van der Waals surface area (Å²) in [5, 5.41) is 22.1. The van der Waals surface area contributed by atoms with Gasteiger partial charge in [-0.15, -0.1) is 5.10 Å². The second kappa shape index (κ2) is 6.04. The highest BCUT2D eigenvalue weighted by molar-refractivity contribution is 5.40. The molecule has 0 saturated carbocycles. The van der Waals surface area contributed by atoms with Gasteiger partial charge in [-0.25, -0.2) is 4.68 Å². The van der Waals surface area contributed by atoms with Gasteiger partial charge in [-0.2, -0.15) is 0 Å². The third-order valence-corrected chi connectivity index (χ3v) is 2.55. The lowest BCUT2D eigenvalue weighted by atomic mass is 10.3. The van der Waals surface area contributed by atoms with Crippen molar-refractivity contribution in [3.05, 3.63) is 33.8 Å². The van der Waals surface area contributed by atoms with E-state index < -0.39 is 4.92 Å². The first-order valence-corrected chi connectivity index (χ1v) is 6.11. The van der Waals surface area contributed by atoms with Gasteiger partial charge in [0.25, 0.3) is 0 Å². The Hall–Kier alpha value is -2.58. The van der Waals surface area contributed by atoms with E-state index in [4.69, 9.17) is 4.74 Å². The van der Waals surface area contributed by atoms with Crippen LogP contribution in [0, 0.1) is 17.0 Å². The van der Waals surface area contributed by atoms with Crippen molar-refractivity contribution in [3.8, 4) is 5.75 Å². The van der Waals surface area contributed by atoms with Crippen molar-refractivity contribution in [1.82, 2.24) is 25.2 Å². The Bertz CT molecular complexity index is 612. The maximum atomic E-state index is 10.9. The van der Waals surface area contributed by atoms with Crippen LogP contribution in [0.1, 0.15) is 24.9 Å². The number of pyridine rings is 1. The molecule has 106 valence electrons. The number of hydrogen-bond acceptors (Lipinski definition) is 7. The van der Waals surface area contributed by atoms with Crippen LogP contribution < -0.4 is 4.74 Å². The molecular formula is C11H14N6O3. The number of hydrogen-bond donors (Lipinski definition) is 0. The Morgan fingerprint density at radius 3 is 2.95 bits per heavy atom. The molecule has 2 aromatic heterocycles. The molecule has 0 aromatic carbocycles. The highest BCUT2D eigenvalue weighted by Crippen LogP contribution is 2.25. The van der Waals surface area contributed by atoms with Crippen molar-refractivity contribution in [2.45, 2.75) is 33.4 Å². The van der Waals surface area contributed by atoms with Crippen molar-refractivity contribution in [1.29, 1.82) is 0 Å². The van der Waals surface area contributed by atoms with Gasteiger partial charge in [0.2, 0.25) is 5.75 Å². The molecule has 0 unspecified atom stereocenters. The molecule has 0 aliphatic rings. The summed E-state index contributed by atoms with van der Waals surface area (Å²) in [4.78, 5) is 14.2. The number of rotatable bonds is 6. The van der Waals surface area contributed by atoms with Crippen molar-refractivity contribution < 1.29 is 9.66 Å². The number of aromatic nitrogens is 5. The molecule has 2 heterocycles. The predicted molar refractivity (Wildman–Crippen MR) is 68.1 cm³/mol. The second-order valence-corrected chi connectivity index (χ2v) is 4.14. The molecule has 9 heteroatoms. The van der Waals surface area contributed by atoms with Crippen LogP contribution in [-0.4, -0.2) is 30.1 Å². The lowest BCUT2D eigenvalue weighted by Crippen LogP contribution is -2.09. The van der Waals surface area contributed by atoms with Gasteiger partial charge < -0.3 is 14.9 Å². The van der Waals surface area contributed by atoms with Crippen LogP contribution in [0.25, 0.3) is 0 Å². The van der Waals surface area contributed by atoms with Gasteiger partial charge in [0.05, 0.1) is 0 Å². The van der Waals surface area contributed by atoms with Crippen LogP contribution in [0.15, 0.2) is 12.1 Å². The molecule has 0 spiro atoms. The average Bonchev–Trinajstić information content (AvgIpc) is 2.85. The van der Waals surface area contributed by atoms with Gasteiger partial charge in [-0.05, 0) is 38.9 Å². The summed E-state index contributed by atoms with van der Waals surface area (Å²) in [5.74, 6) is 0.313. The summed E-state index contributed by atoms with van der Waals surface area (Å²) in [6, 6.07) is 3.17. The van der Waals surface area contributed by atoms with Crippen LogP contribution in [-0.2, 0) is 13.2 Å². The summed E-state index contributed by atoms with van der Waals surface area (Å²) >= 11 is 0. The van der Waals surface area contributed by atoms with Crippen LogP contribution in [0.5, 0.6) is 5.75 Å². The highest BCUT2D eigenvalue weighted by atomic mass is 16.6. The van der Waals surface area contributed by atoms with Crippen LogP contribution in [0.2, 0.25) is 0 Å². The van der Waals surface area contributed by atoms with Gasteiger partial charge >= 0.3 is 5.82 Å². The molecule has 0 aliphatic heterocycles. The molecule has 20 heavy (non-hydrogen) atoms. The quantitative estimate of drug-likeness (QED) is 0.578. The average molecular weight is 278 g/mol. The number of ether oxygens (including phenoxy) is 1. The lowest BCUT2D eigenvalue weighted by Gasteiger charge is -2.06. The fourth-order valence-corrected chi connectivity index (χ4v) is 1.63.